The summed E-state index contributed by atoms with van der Waals surface area (Å²) in [7, 11) is 0. The van der Waals surface area contributed by atoms with Crippen LogP contribution in [0.25, 0.3) is 11.1 Å². The van der Waals surface area contributed by atoms with Crippen LogP contribution in [0.4, 0.5) is 13.2 Å². The molecule has 0 radical (unpaired) electrons. The maximum atomic E-state index is 12.1. The van der Waals surface area contributed by atoms with Crippen LogP contribution in [-0.2, 0) is 0 Å². The van der Waals surface area contributed by atoms with Gasteiger partial charge in [0, 0.05) is 5.56 Å². The van der Waals surface area contributed by atoms with Gasteiger partial charge >= 0.3 is 6.36 Å². The Morgan fingerprint density at radius 2 is 1.70 bits per heavy atom. The second kappa shape index (κ2) is 7.17. The first-order valence-corrected chi connectivity index (χ1v) is 7.01. The molecule has 0 atom stereocenters. The van der Waals surface area contributed by atoms with E-state index in [9.17, 15) is 18.0 Å². The van der Waals surface area contributed by atoms with E-state index >= 15 is 0 Å². The van der Waals surface area contributed by atoms with Gasteiger partial charge in [-0.3, -0.25) is 4.79 Å². The summed E-state index contributed by atoms with van der Waals surface area (Å²) in [6.07, 6.45) is -3.19. The lowest BCUT2D eigenvalue weighted by Crippen LogP contribution is -2.16. The molecule has 0 saturated heterocycles. The van der Waals surface area contributed by atoms with Crippen LogP contribution in [0.3, 0.4) is 0 Å². The number of carbonyl (C=O) groups is 1. The zero-order valence-corrected chi connectivity index (χ0v) is 12.4. The van der Waals surface area contributed by atoms with Crippen LogP contribution in [0, 0.1) is 0 Å². The van der Waals surface area contributed by atoms with E-state index in [1.807, 2.05) is 6.92 Å². The molecule has 2 aromatic carbocycles. The van der Waals surface area contributed by atoms with Crippen molar-refractivity contribution in [1.82, 2.24) is 0 Å². The first-order chi connectivity index (χ1) is 10.9. The molecule has 0 bridgehead atoms. The highest BCUT2D eigenvalue weighted by Gasteiger charge is 2.30. The molecule has 3 nitrogen and oxygen atoms in total. The van der Waals surface area contributed by atoms with Crippen molar-refractivity contribution in [3.05, 3.63) is 48.0 Å². The molecular weight excluding hydrogens is 309 g/mol. The number of rotatable bonds is 6. The van der Waals surface area contributed by atoms with Gasteiger partial charge in [-0.1, -0.05) is 19.1 Å². The normalized spacial score (nSPS) is 11.1. The lowest BCUT2D eigenvalue weighted by atomic mass is 10.00. The molecular formula is C17H15F3O3. The average molecular weight is 324 g/mol. The summed E-state index contributed by atoms with van der Waals surface area (Å²) < 4.78 is 45.7. The molecule has 2 aromatic rings. The maximum Gasteiger partial charge on any atom is 0.573 e. The number of aldehydes is 1. The maximum absolute atomic E-state index is 12.1. The molecule has 0 unspecified atom stereocenters. The van der Waals surface area contributed by atoms with Crippen molar-refractivity contribution in [2.24, 2.45) is 0 Å². The quantitative estimate of drug-likeness (QED) is 0.712. The van der Waals surface area contributed by atoms with Crippen molar-refractivity contribution in [2.75, 3.05) is 6.61 Å². The smallest absolute Gasteiger partial charge is 0.494 e. The second-order valence-corrected chi connectivity index (χ2v) is 4.79. The van der Waals surface area contributed by atoms with E-state index in [1.165, 1.54) is 24.3 Å². The van der Waals surface area contributed by atoms with E-state index in [0.717, 1.165) is 6.42 Å². The van der Waals surface area contributed by atoms with Gasteiger partial charge in [0.15, 0.2) is 6.29 Å². The van der Waals surface area contributed by atoms with Crippen LogP contribution in [0.15, 0.2) is 42.5 Å². The van der Waals surface area contributed by atoms with Crippen molar-refractivity contribution < 1.29 is 27.4 Å². The Balaban J connectivity index is 2.25. The van der Waals surface area contributed by atoms with E-state index in [1.54, 1.807) is 18.2 Å². The lowest BCUT2D eigenvalue weighted by Gasteiger charge is -2.11. The van der Waals surface area contributed by atoms with Crippen LogP contribution < -0.4 is 9.47 Å². The number of benzene rings is 2. The minimum absolute atomic E-state index is 0.309. The molecule has 0 aliphatic carbocycles. The highest BCUT2D eigenvalue weighted by molar-refractivity contribution is 5.88. The summed E-state index contributed by atoms with van der Waals surface area (Å²) in [5.41, 5.74) is 1.63. The van der Waals surface area contributed by atoms with Crippen molar-refractivity contribution >= 4 is 6.29 Å². The largest absolute Gasteiger partial charge is 0.573 e. The summed E-state index contributed by atoms with van der Waals surface area (Å²) in [6.45, 7) is 2.51. The molecule has 2 rings (SSSR count). The Bertz CT molecular complexity index is 664. The monoisotopic (exact) mass is 324 g/mol. The van der Waals surface area contributed by atoms with Gasteiger partial charge in [0.05, 0.1) is 6.61 Å². The Morgan fingerprint density at radius 3 is 2.26 bits per heavy atom. The molecule has 122 valence electrons. The third-order valence-electron chi connectivity index (χ3n) is 3.02. The predicted octanol–water partition coefficient (Wildman–Crippen LogP) is 4.85. The standard InChI is InChI=1S/C17H15F3O3/c1-2-9-22-15-7-8-16(13(10-15)11-21)12-3-5-14(6-4-12)23-17(18,19)20/h3-8,10-11H,2,9H2,1H3. The highest BCUT2D eigenvalue weighted by Crippen LogP contribution is 2.29. The van der Waals surface area contributed by atoms with Crippen LogP contribution in [0.5, 0.6) is 11.5 Å². The molecule has 0 heterocycles. The van der Waals surface area contributed by atoms with Crippen LogP contribution in [0.2, 0.25) is 0 Å². The topological polar surface area (TPSA) is 35.5 Å². The Labute approximate surface area is 131 Å². The molecule has 0 amide bonds. The molecule has 0 spiro atoms. The highest BCUT2D eigenvalue weighted by atomic mass is 19.4. The second-order valence-electron chi connectivity index (χ2n) is 4.79. The summed E-state index contributed by atoms with van der Waals surface area (Å²) in [5, 5.41) is 0. The summed E-state index contributed by atoms with van der Waals surface area (Å²) in [5.74, 6) is 0.270. The fraction of sp³-hybridized carbons (Fsp3) is 0.235. The van der Waals surface area contributed by atoms with E-state index in [2.05, 4.69) is 4.74 Å². The molecule has 0 saturated carbocycles. The van der Waals surface area contributed by atoms with Gasteiger partial charge < -0.3 is 9.47 Å². The average Bonchev–Trinajstić information content (AvgIpc) is 2.52. The fourth-order valence-corrected chi connectivity index (χ4v) is 2.05. The van der Waals surface area contributed by atoms with Crippen LogP contribution in [-0.4, -0.2) is 19.3 Å². The van der Waals surface area contributed by atoms with Gasteiger partial charge in [-0.05, 0) is 47.9 Å². The molecule has 6 heteroatoms. The van der Waals surface area contributed by atoms with E-state index in [4.69, 9.17) is 4.74 Å². The number of hydrogen-bond acceptors (Lipinski definition) is 3. The molecule has 23 heavy (non-hydrogen) atoms. The molecule has 0 N–H and O–H groups in total. The number of halogens is 3. The molecule has 0 aliphatic rings. The Hall–Kier alpha value is -2.50. The zero-order valence-electron chi connectivity index (χ0n) is 12.4. The summed E-state index contributed by atoms with van der Waals surface area (Å²) in [6, 6.07) is 10.4. The van der Waals surface area contributed by atoms with Crippen molar-refractivity contribution in [2.45, 2.75) is 19.7 Å². The predicted molar refractivity (Wildman–Crippen MR) is 79.7 cm³/mol. The third-order valence-corrected chi connectivity index (χ3v) is 3.02. The van der Waals surface area contributed by atoms with Gasteiger partial charge in [0.1, 0.15) is 11.5 Å². The third kappa shape index (κ3) is 4.74. The first-order valence-electron chi connectivity index (χ1n) is 7.01. The van der Waals surface area contributed by atoms with Gasteiger partial charge in [-0.2, -0.15) is 0 Å². The van der Waals surface area contributed by atoms with Crippen molar-refractivity contribution in [3.63, 3.8) is 0 Å². The number of carbonyl (C=O) groups excluding carboxylic acids is 1. The minimum Gasteiger partial charge on any atom is -0.494 e. The first kappa shape index (κ1) is 16.9. The zero-order chi connectivity index (χ0) is 16.9. The van der Waals surface area contributed by atoms with Gasteiger partial charge in [-0.25, -0.2) is 0 Å². The SMILES string of the molecule is CCCOc1ccc(-c2ccc(OC(F)(F)F)cc2)c(C=O)c1. The van der Waals surface area contributed by atoms with E-state index in [0.29, 0.717) is 35.3 Å². The lowest BCUT2D eigenvalue weighted by molar-refractivity contribution is -0.274. The minimum atomic E-state index is -4.73. The number of hydrogen-bond donors (Lipinski definition) is 0. The van der Waals surface area contributed by atoms with Gasteiger partial charge in [0.2, 0.25) is 0 Å². The van der Waals surface area contributed by atoms with Crippen LogP contribution in [0.1, 0.15) is 23.7 Å². The molecule has 0 aromatic heterocycles. The van der Waals surface area contributed by atoms with Gasteiger partial charge in [0.25, 0.3) is 0 Å². The summed E-state index contributed by atoms with van der Waals surface area (Å²) >= 11 is 0. The molecule has 0 fully saturated rings. The molecule has 0 aliphatic heterocycles. The van der Waals surface area contributed by atoms with E-state index < -0.39 is 6.36 Å². The fourth-order valence-electron chi connectivity index (χ4n) is 2.05. The van der Waals surface area contributed by atoms with Crippen LogP contribution >= 0.6 is 0 Å². The van der Waals surface area contributed by atoms with Crippen molar-refractivity contribution in [1.29, 1.82) is 0 Å². The van der Waals surface area contributed by atoms with E-state index in [-0.39, 0.29) is 5.75 Å². The Kier molecular flexibility index (Phi) is 5.26. The number of ether oxygens (including phenoxy) is 2. The number of alkyl halides is 3. The van der Waals surface area contributed by atoms with Gasteiger partial charge in [-0.15, -0.1) is 13.2 Å². The Morgan fingerprint density at radius 1 is 1.04 bits per heavy atom. The van der Waals surface area contributed by atoms with Crippen molar-refractivity contribution in [3.8, 4) is 22.6 Å². The summed E-state index contributed by atoms with van der Waals surface area (Å²) in [4.78, 5) is 11.3.